The summed E-state index contributed by atoms with van der Waals surface area (Å²) in [6.45, 7) is 2.16. The van der Waals surface area contributed by atoms with Gasteiger partial charge < -0.3 is 5.11 Å². The van der Waals surface area contributed by atoms with E-state index in [1.165, 1.54) is 0 Å². The first kappa shape index (κ1) is 11.3. The molecule has 0 saturated heterocycles. The molecule has 3 heteroatoms. The normalized spacial score (nSPS) is 30.0. The van der Waals surface area contributed by atoms with Crippen LogP contribution in [0.1, 0.15) is 25.3 Å². The average molecular weight is 245 g/mol. The smallest absolute Gasteiger partial charge is 0.0693 e. The minimum absolute atomic E-state index is 0.517. The molecule has 1 nitrogen and oxygen atoms in total. The van der Waals surface area contributed by atoms with E-state index < -0.39 is 5.60 Å². The van der Waals surface area contributed by atoms with Gasteiger partial charge in [0.2, 0.25) is 0 Å². The predicted octanol–water partition coefficient (Wildman–Crippen LogP) is 3.70. The van der Waals surface area contributed by atoms with Gasteiger partial charge >= 0.3 is 0 Å². The molecule has 0 aromatic heterocycles. The van der Waals surface area contributed by atoms with Crippen molar-refractivity contribution in [2.75, 3.05) is 0 Å². The maximum atomic E-state index is 10.1. The molecule has 0 bridgehead atoms. The van der Waals surface area contributed by atoms with E-state index in [9.17, 15) is 5.11 Å². The molecule has 1 fully saturated rings. The summed E-state index contributed by atoms with van der Waals surface area (Å²) in [5.74, 6) is 0.637. The zero-order valence-corrected chi connectivity index (χ0v) is 10.1. The second-order valence-corrected chi connectivity index (χ2v) is 5.48. The molecule has 1 aromatic carbocycles. The van der Waals surface area contributed by atoms with Gasteiger partial charge in [0.25, 0.3) is 0 Å². The maximum absolute atomic E-state index is 10.1. The third kappa shape index (κ3) is 2.47. The van der Waals surface area contributed by atoms with E-state index in [1.54, 1.807) is 6.07 Å². The molecular weight excluding hydrogens is 231 g/mol. The van der Waals surface area contributed by atoms with Crippen LogP contribution in [0.15, 0.2) is 18.2 Å². The summed E-state index contributed by atoms with van der Waals surface area (Å²) in [4.78, 5) is 0. The van der Waals surface area contributed by atoms with Gasteiger partial charge in [0.05, 0.1) is 15.6 Å². The van der Waals surface area contributed by atoms with Crippen molar-refractivity contribution in [1.82, 2.24) is 0 Å². The van der Waals surface area contributed by atoms with Crippen molar-refractivity contribution in [2.45, 2.75) is 31.8 Å². The van der Waals surface area contributed by atoms with Gasteiger partial charge in [0.15, 0.2) is 0 Å². The van der Waals surface area contributed by atoms with E-state index in [1.807, 2.05) is 12.1 Å². The highest BCUT2D eigenvalue weighted by Crippen LogP contribution is 2.40. The van der Waals surface area contributed by atoms with E-state index >= 15 is 0 Å². The third-order valence-corrected chi connectivity index (χ3v) is 3.71. The molecule has 0 aliphatic heterocycles. The average Bonchev–Trinajstić information content (AvgIpc) is 2.09. The summed E-state index contributed by atoms with van der Waals surface area (Å²) in [7, 11) is 0. The topological polar surface area (TPSA) is 20.2 Å². The van der Waals surface area contributed by atoms with Crippen LogP contribution in [0.5, 0.6) is 0 Å². The lowest BCUT2D eigenvalue weighted by molar-refractivity contribution is -0.0665. The Hall–Kier alpha value is -0.240. The third-order valence-electron chi connectivity index (χ3n) is 2.97. The Bertz CT molecular complexity index is 370. The van der Waals surface area contributed by atoms with Crippen molar-refractivity contribution in [3.8, 4) is 0 Å². The lowest BCUT2D eigenvalue weighted by Gasteiger charge is -2.42. The van der Waals surface area contributed by atoms with Crippen LogP contribution < -0.4 is 0 Å². The van der Waals surface area contributed by atoms with Gasteiger partial charge in [-0.3, -0.25) is 0 Å². The molecule has 1 aromatic rings. The largest absolute Gasteiger partial charge is 0.390 e. The molecule has 0 amide bonds. The van der Waals surface area contributed by atoms with Crippen molar-refractivity contribution in [1.29, 1.82) is 0 Å². The first-order valence-electron chi connectivity index (χ1n) is 5.15. The van der Waals surface area contributed by atoms with Crippen LogP contribution >= 0.6 is 23.2 Å². The highest BCUT2D eigenvalue weighted by atomic mass is 35.5. The van der Waals surface area contributed by atoms with Crippen LogP contribution in [-0.2, 0) is 6.42 Å². The highest BCUT2D eigenvalue weighted by Gasteiger charge is 2.39. The molecule has 2 rings (SSSR count). The van der Waals surface area contributed by atoms with Crippen LogP contribution in [0.4, 0.5) is 0 Å². The molecule has 0 radical (unpaired) electrons. The van der Waals surface area contributed by atoms with Gasteiger partial charge in [-0.25, -0.2) is 0 Å². The van der Waals surface area contributed by atoms with Crippen molar-refractivity contribution >= 4 is 23.2 Å². The Morgan fingerprint density at radius 2 is 2.00 bits per heavy atom. The van der Waals surface area contributed by atoms with Gasteiger partial charge in [-0.2, -0.15) is 0 Å². The molecule has 15 heavy (non-hydrogen) atoms. The summed E-state index contributed by atoms with van der Waals surface area (Å²) in [5.41, 5.74) is 0.537. The first-order valence-corrected chi connectivity index (χ1v) is 5.90. The van der Waals surface area contributed by atoms with Crippen LogP contribution in [0.2, 0.25) is 10.0 Å². The van der Waals surface area contributed by atoms with E-state index in [2.05, 4.69) is 6.92 Å². The van der Waals surface area contributed by atoms with Gasteiger partial charge in [0.1, 0.15) is 0 Å². The van der Waals surface area contributed by atoms with Crippen LogP contribution in [0.3, 0.4) is 0 Å². The maximum Gasteiger partial charge on any atom is 0.0693 e. The quantitative estimate of drug-likeness (QED) is 0.842. The predicted molar refractivity (Wildman–Crippen MR) is 63.5 cm³/mol. The number of benzene rings is 1. The first-order chi connectivity index (χ1) is 6.98. The zero-order valence-electron chi connectivity index (χ0n) is 8.63. The molecule has 1 N–H and O–H groups in total. The molecule has 0 heterocycles. The van der Waals surface area contributed by atoms with Crippen LogP contribution in [-0.4, -0.2) is 10.7 Å². The Morgan fingerprint density at radius 3 is 2.53 bits per heavy atom. The lowest BCUT2D eigenvalue weighted by Crippen LogP contribution is -2.44. The van der Waals surface area contributed by atoms with Crippen molar-refractivity contribution in [3.05, 3.63) is 33.8 Å². The highest BCUT2D eigenvalue weighted by molar-refractivity contribution is 6.42. The molecule has 1 aliphatic rings. The summed E-state index contributed by atoms with van der Waals surface area (Å²) in [5, 5.41) is 11.2. The number of hydrogen-bond donors (Lipinski definition) is 1. The fourth-order valence-electron chi connectivity index (χ4n) is 2.41. The Kier molecular flexibility index (Phi) is 2.98. The number of halogens is 2. The Balaban J connectivity index is 2.08. The number of hydrogen-bond acceptors (Lipinski definition) is 1. The fourth-order valence-corrected chi connectivity index (χ4v) is 2.73. The van der Waals surface area contributed by atoms with Crippen molar-refractivity contribution in [2.24, 2.45) is 5.92 Å². The zero-order chi connectivity index (χ0) is 11.1. The second kappa shape index (κ2) is 3.97. The summed E-state index contributed by atoms with van der Waals surface area (Å²) in [6.07, 6.45) is 2.44. The molecule has 1 saturated carbocycles. The fraction of sp³-hybridized carbons (Fsp3) is 0.500. The van der Waals surface area contributed by atoms with E-state index in [4.69, 9.17) is 23.2 Å². The molecule has 1 aliphatic carbocycles. The van der Waals surface area contributed by atoms with Crippen molar-refractivity contribution < 1.29 is 5.11 Å². The summed E-state index contributed by atoms with van der Waals surface area (Å²) in [6, 6.07) is 5.55. The van der Waals surface area contributed by atoms with Gasteiger partial charge in [0, 0.05) is 6.42 Å². The number of rotatable bonds is 2. The Labute approximate surface area is 100 Å². The SMILES string of the molecule is CC1CC(O)(Cc2ccc(Cl)c(Cl)c2)C1. The standard InChI is InChI=1S/C12H14Cl2O/c1-8-5-12(15,6-8)7-9-2-3-10(13)11(14)4-9/h2-4,8,15H,5-7H2,1H3. The van der Waals surface area contributed by atoms with Gasteiger partial charge in [-0.05, 0) is 36.5 Å². The van der Waals surface area contributed by atoms with E-state index in [-0.39, 0.29) is 0 Å². The minimum Gasteiger partial charge on any atom is -0.390 e. The molecule has 82 valence electrons. The molecule has 0 unspecified atom stereocenters. The molecule has 0 spiro atoms. The van der Waals surface area contributed by atoms with Crippen LogP contribution in [0.25, 0.3) is 0 Å². The van der Waals surface area contributed by atoms with E-state index in [0.717, 1.165) is 18.4 Å². The summed E-state index contributed by atoms with van der Waals surface area (Å²) < 4.78 is 0. The van der Waals surface area contributed by atoms with Crippen molar-refractivity contribution in [3.63, 3.8) is 0 Å². The van der Waals surface area contributed by atoms with Gasteiger partial charge in [-0.1, -0.05) is 36.2 Å². The summed E-state index contributed by atoms with van der Waals surface area (Å²) >= 11 is 11.7. The monoisotopic (exact) mass is 244 g/mol. The minimum atomic E-state index is -0.517. The van der Waals surface area contributed by atoms with E-state index in [0.29, 0.717) is 22.4 Å². The molecule has 0 atom stereocenters. The Morgan fingerprint density at radius 1 is 1.33 bits per heavy atom. The molecular formula is C12H14Cl2O. The lowest BCUT2D eigenvalue weighted by atomic mass is 9.69. The number of aliphatic hydroxyl groups is 1. The second-order valence-electron chi connectivity index (χ2n) is 4.66. The van der Waals surface area contributed by atoms with Gasteiger partial charge in [-0.15, -0.1) is 0 Å². The van der Waals surface area contributed by atoms with Crippen LogP contribution in [0, 0.1) is 5.92 Å².